The Labute approximate surface area is 354 Å². The predicted molar refractivity (Wildman–Crippen MR) is 251 cm³/mol. The molecule has 0 unspecified atom stereocenters. The number of fused-ring (bicyclic) bond motifs is 3. The van der Waals surface area contributed by atoms with E-state index in [1.54, 1.807) is 0 Å². The minimum Gasteiger partial charge on any atom is -0.455 e. The summed E-state index contributed by atoms with van der Waals surface area (Å²) in [5.74, 6) is 1.79. The molecule has 2 aromatic heterocycles. The minimum absolute atomic E-state index is 0.577. The molecule has 2 heterocycles. The maximum atomic E-state index is 6.94. The molecule has 0 aliphatic heterocycles. The average Bonchev–Trinajstić information content (AvgIpc) is 3.74. The molecule has 0 aliphatic rings. The van der Waals surface area contributed by atoms with Crippen molar-refractivity contribution in [2.24, 2.45) is 0 Å². The number of hydrogen-bond donors (Lipinski definition) is 0. The van der Waals surface area contributed by atoms with Gasteiger partial charge in [-0.1, -0.05) is 194 Å². The van der Waals surface area contributed by atoms with E-state index in [-0.39, 0.29) is 0 Å². The number of aromatic nitrogens is 3. The third kappa shape index (κ3) is 6.96. The summed E-state index contributed by atoms with van der Waals surface area (Å²) in [7, 11) is 0. The fourth-order valence-electron chi connectivity index (χ4n) is 8.29. The lowest BCUT2D eigenvalue weighted by atomic mass is 9.92. The first-order valence-corrected chi connectivity index (χ1v) is 20.5. The molecule has 0 N–H and O–H groups in total. The highest BCUT2D eigenvalue weighted by molar-refractivity contribution is 6.16. The first kappa shape index (κ1) is 35.9. The lowest BCUT2D eigenvalue weighted by Crippen LogP contribution is -2.00. The molecule has 0 saturated heterocycles. The zero-order valence-electron chi connectivity index (χ0n) is 33.1. The summed E-state index contributed by atoms with van der Waals surface area (Å²) < 4.78 is 6.94. The van der Waals surface area contributed by atoms with Crippen molar-refractivity contribution in [2.75, 3.05) is 0 Å². The van der Waals surface area contributed by atoms with Gasteiger partial charge in [0.25, 0.3) is 0 Å². The number of furan rings is 1. The van der Waals surface area contributed by atoms with Crippen molar-refractivity contribution in [3.63, 3.8) is 0 Å². The van der Waals surface area contributed by atoms with E-state index >= 15 is 0 Å². The smallest absolute Gasteiger partial charge is 0.164 e. The van der Waals surface area contributed by atoms with Crippen LogP contribution in [0.2, 0.25) is 0 Å². The quantitative estimate of drug-likeness (QED) is 0.154. The summed E-state index contributed by atoms with van der Waals surface area (Å²) in [6.45, 7) is 0. The summed E-state index contributed by atoms with van der Waals surface area (Å²) in [6, 6.07) is 78.2. The summed E-state index contributed by atoms with van der Waals surface area (Å²) in [6.07, 6.45) is 0. The van der Waals surface area contributed by atoms with Crippen LogP contribution in [0.25, 0.3) is 112 Å². The van der Waals surface area contributed by atoms with E-state index in [1.807, 2.05) is 48.5 Å². The van der Waals surface area contributed by atoms with Gasteiger partial charge in [0, 0.05) is 33.0 Å². The van der Waals surface area contributed by atoms with Crippen LogP contribution in [0.1, 0.15) is 0 Å². The van der Waals surface area contributed by atoms with Crippen molar-refractivity contribution in [2.45, 2.75) is 0 Å². The van der Waals surface area contributed by atoms with Gasteiger partial charge in [-0.2, -0.15) is 0 Å². The molecule has 11 aromatic rings. The van der Waals surface area contributed by atoms with Crippen LogP contribution in [-0.2, 0) is 0 Å². The van der Waals surface area contributed by atoms with Crippen LogP contribution in [0.15, 0.2) is 229 Å². The average molecular weight is 780 g/mol. The number of benzene rings is 9. The van der Waals surface area contributed by atoms with Gasteiger partial charge in [-0.05, 0) is 80.4 Å². The molecule has 0 radical (unpaired) electrons. The molecular formula is C57H37N3O. The van der Waals surface area contributed by atoms with Gasteiger partial charge < -0.3 is 4.42 Å². The van der Waals surface area contributed by atoms with Crippen LogP contribution in [0.5, 0.6) is 0 Å². The summed E-state index contributed by atoms with van der Waals surface area (Å²) in [5.41, 5.74) is 15.5. The van der Waals surface area contributed by atoms with E-state index in [0.29, 0.717) is 17.5 Å². The Morgan fingerprint density at radius 3 is 1.26 bits per heavy atom. The molecule has 0 bridgehead atoms. The van der Waals surface area contributed by atoms with Gasteiger partial charge in [0.05, 0.1) is 0 Å². The molecule has 0 aliphatic carbocycles. The Morgan fingerprint density at radius 2 is 0.672 bits per heavy atom. The van der Waals surface area contributed by atoms with Crippen LogP contribution in [0, 0.1) is 0 Å². The summed E-state index contributed by atoms with van der Waals surface area (Å²) in [5, 5.41) is 1.94. The Bertz CT molecular complexity index is 3320. The molecule has 0 atom stereocenters. The molecule has 286 valence electrons. The van der Waals surface area contributed by atoms with Crippen LogP contribution in [0.3, 0.4) is 0 Å². The lowest BCUT2D eigenvalue weighted by Gasteiger charge is -2.12. The molecule has 0 saturated carbocycles. The van der Waals surface area contributed by atoms with Crippen molar-refractivity contribution in [1.29, 1.82) is 0 Å². The van der Waals surface area contributed by atoms with Gasteiger partial charge in [0.2, 0.25) is 0 Å². The van der Waals surface area contributed by atoms with Crippen LogP contribution < -0.4 is 0 Å². The topological polar surface area (TPSA) is 51.8 Å². The van der Waals surface area contributed by atoms with E-state index in [1.165, 1.54) is 5.56 Å². The number of hydrogen-bond acceptors (Lipinski definition) is 4. The molecule has 0 spiro atoms. The molecule has 11 rings (SSSR count). The predicted octanol–water partition coefficient (Wildman–Crippen LogP) is 15.1. The van der Waals surface area contributed by atoms with E-state index in [2.05, 4.69) is 176 Å². The van der Waals surface area contributed by atoms with Crippen molar-refractivity contribution < 1.29 is 4.42 Å². The normalized spacial score (nSPS) is 11.3. The van der Waals surface area contributed by atoms with Crippen molar-refractivity contribution in [1.82, 2.24) is 15.0 Å². The van der Waals surface area contributed by atoms with Crippen molar-refractivity contribution in [3.05, 3.63) is 224 Å². The van der Waals surface area contributed by atoms with Gasteiger partial charge in [0.1, 0.15) is 11.2 Å². The van der Waals surface area contributed by atoms with Crippen molar-refractivity contribution in [3.8, 4) is 89.8 Å². The van der Waals surface area contributed by atoms with Crippen LogP contribution in [-0.4, -0.2) is 15.0 Å². The van der Waals surface area contributed by atoms with E-state index in [4.69, 9.17) is 19.4 Å². The first-order valence-electron chi connectivity index (χ1n) is 20.5. The van der Waals surface area contributed by atoms with E-state index in [9.17, 15) is 0 Å². The molecule has 4 nitrogen and oxygen atoms in total. The summed E-state index contributed by atoms with van der Waals surface area (Å²) >= 11 is 0. The van der Waals surface area contributed by atoms with Crippen molar-refractivity contribution >= 4 is 21.9 Å². The standard InChI is InChI=1S/C57H37N3O/c1-5-16-38(17-6-1)41-30-32-43(33-31-41)56-58-55(42-22-11-4-12-23-42)59-57(60-56)49-28-15-29-52-53(49)51-37-48(46-26-13-24-44(34-46)39-18-7-2-8-19-39)36-50(54(51)61-52)47-27-14-25-45(35-47)40-20-9-3-10-21-40/h1-37H. The maximum Gasteiger partial charge on any atom is 0.164 e. The van der Waals surface area contributed by atoms with E-state index in [0.717, 1.165) is 88.7 Å². The van der Waals surface area contributed by atoms with Gasteiger partial charge in [-0.25, -0.2) is 15.0 Å². The molecule has 0 fully saturated rings. The Morgan fingerprint density at radius 1 is 0.262 bits per heavy atom. The second-order valence-corrected chi connectivity index (χ2v) is 15.2. The SMILES string of the molecule is c1ccc(-c2ccc(-c3nc(-c4ccccc4)nc(-c4cccc5oc6c(-c7cccc(-c8ccccc8)c7)cc(-c7cccc(-c8ccccc8)c7)cc6c45)n3)cc2)cc1. The highest BCUT2D eigenvalue weighted by Crippen LogP contribution is 2.44. The third-order valence-electron chi connectivity index (χ3n) is 11.3. The Kier molecular flexibility index (Phi) is 9.14. The van der Waals surface area contributed by atoms with Gasteiger partial charge >= 0.3 is 0 Å². The monoisotopic (exact) mass is 779 g/mol. The lowest BCUT2D eigenvalue weighted by molar-refractivity contribution is 0.670. The first-order chi connectivity index (χ1) is 30.2. The zero-order chi connectivity index (χ0) is 40.5. The molecule has 0 amide bonds. The second kappa shape index (κ2) is 15.5. The Balaban J connectivity index is 1.13. The molecular weight excluding hydrogens is 743 g/mol. The second-order valence-electron chi connectivity index (χ2n) is 15.2. The number of nitrogens with zero attached hydrogens (tertiary/aromatic N) is 3. The number of rotatable bonds is 8. The minimum atomic E-state index is 0.577. The third-order valence-corrected chi connectivity index (χ3v) is 11.3. The molecule has 4 heteroatoms. The molecule has 9 aromatic carbocycles. The Hall–Kier alpha value is -8.21. The van der Waals surface area contributed by atoms with Gasteiger partial charge in [0.15, 0.2) is 17.5 Å². The van der Waals surface area contributed by atoms with Gasteiger partial charge in [-0.3, -0.25) is 0 Å². The summed E-state index contributed by atoms with van der Waals surface area (Å²) in [4.78, 5) is 15.5. The zero-order valence-corrected chi connectivity index (χ0v) is 33.1. The van der Waals surface area contributed by atoms with E-state index < -0.39 is 0 Å². The maximum absolute atomic E-state index is 6.94. The molecule has 61 heavy (non-hydrogen) atoms. The fraction of sp³-hybridized carbons (Fsp3) is 0. The largest absolute Gasteiger partial charge is 0.455 e. The van der Waals surface area contributed by atoms with Gasteiger partial charge in [-0.15, -0.1) is 0 Å². The highest BCUT2D eigenvalue weighted by atomic mass is 16.3. The van der Waals surface area contributed by atoms with Crippen LogP contribution >= 0.6 is 0 Å². The fourth-order valence-corrected chi connectivity index (χ4v) is 8.29. The highest BCUT2D eigenvalue weighted by Gasteiger charge is 2.21. The van der Waals surface area contributed by atoms with Crippen LogP contribution in [0.4, 0.5) is 0 Å².